The lowest BCUT2D eigenvalue weighted by Crippen LogP contribution is -2.29. The Kier molecular flexibility index (Phi) is 4.79. The van der Waals surface area contributed by atoms with Gasteiger partial charge in [-0.1, -0.05) is 12.1 Å². The molecule has 0 saturated carbocycles. The van der Waals surface area contributed by atoms with Gasteiger partial charge in [0.1, 0.15) is 12.1 Å². The summed E-state index contributed by atoms with van der Waals surface area (Å²) in [5.74, 6) is -1.26. The van der Waals surface area contributed by atoms with E-state index in [-0.39, 0.29) is 11.5 Å². The number of nitrogens with one attached hydrogen (secondary N) is 1. The zero-order valence-electron chi connectivity index (χ0n) is 14.9. The molecular formula is C19H17FN6O2. The number of aromatic nitrogens is 4. The van der Waals surface area contributed by atoms with Crippen LogP contribution in [0.15, 0.2) is 48.8 Å². The Morgan fingerprint density at radius 3 is 2.57 bits per heavy atom. The average molecular weight is 380 g/mol. The summed E-state index contributed by atoms with van der Waals surface area (Å²) in [6, 6.07) is 10.5. The van der Waals surface area contributed by atoms with Gasteiger partial charge in [0.15, 0.2) is 0 Å². The number of carbonyl (C=O) groups excluding carboxylic acids is 2. The van der Waals surface area contributed by atoms with Crippen molar-refractivity contribution in [1.29, 1.82) is 0 Å². The molecule has 2 amide bonds. The lowest BCUT2D eigenvalue weighted by Gasteiger charge is -2.18. The number of halogens is 1. The molecule has 1 aliphatic heterocycles. The van der Waals surface area contributed by atoms with Gasteiger partial charge in [0, 0.05) is 13.1 Å². The van der Waals surface area contributed by atoms with Crippen LogP contribution in [0.2, 0.25) is 0 Å². The summed E-state index contributed by atoms with van der Waals surface area (Å²) in [5.41, 5.74) is 1.15. The highest BCUT2D eigenvalue weighted by Gasteiger charge is 2.23. The molecule has 0 unspecified atom stereocenters. The number of amides is 2. The molecule has 1 saturated heterocycles. The van der Waals surface area contributed by atoms with Gasteiger partial charge in [-0.3, -0.25) is 9.59 Å². The average Bonchev–Trinajstić information content (AvgIpc) is 3.42. The molecule has 9 heteroatoms. The fourth-order valence-electron chi connectivity index (χ4n) is 3.22. The summed E-state index contributed by atoms with van der Waals surface area (Å²) in [6.45, 7) is 1.41. The number of nitrogens with zero attached hydrogens (tertiary/aromatic N) is 5. The Hall–Kier alpha value is -3.62. The largest absolute Gasteiger partial charge is 0.339 e. The summed E-state index contributed by atoms with van der Waals surface area (Å²) in [4.78, 5) is 27.4. The smallest absolute Gasteiger partial charge is 0.257 e. The van der Waals surface area contributed by atoms with Crippen molar-refractivity contribution in [2.24, 2.45) is 0 Å². The first-order chi connectivity index (χ1) is 13.6. The third kappa shape index (κ3) is 3.46. The van der Waals surface area contributed by atoms with Crippen molar-refractivity contribution < 1.29 is 14.0 Å². The molecule has 28 heavy (non-hydrogen) atoms. The molecule has 0 atom stereocenters. The Morgan fingerprint density at radius 2 is 1.82 bits per heavy atom. The number of hydrogen-bond acceptors (Lipinski definition) is 5. The quantitative estimate of drug-likeness (QED) is 0.750. The molecule has 2 heterocycles. The van der Waals surface area contributed by atoms with E-state index in [9.17, 15) is 14.0 Å². The highest BCUT2D eigenvalue weighted by molar-refractivity contribution is 6.10. The standard InChI is InChI=1S/C19H17FN6O2/c20-13-7-8-17(26-12-21-23-24-26)15(11-13)18(27)22-16-6-2-1-5-14(16)19(28)25-9-3-4-10-25/h1-2,5-8,11-12H,3-4,9-10H2,(H,22,27). The van der Waals surface area contributed by atoms with Gasteiger partial charge in [0.25, 0.3) is 11.8 Å². The van der Waals surface area contributed by atoms with Gasteiger partial charge in [0.2, 0.25) is 0 Å². The van der Waals surface area contributed by atoms with Crippen LogP contribution in [0.4, 0.5) is 10.1 Å². The first kappa shape index (κ1) is 17.8. The van der Waals surface area contributed by atoms with Crippen molar-refractivity contribution in [2.45, 2.75) is 12.8 Å². The van der Waals surface area contributed by atoms with Crippen LogP contribution >= 0.6 is 0 Å². The van der Waals surface area contributed by atoms with Crippen LogP contribution in [0.5, 0.6) is 0 Å². The number of carbonyl (C=O) groups is 2. The summed E-state index contributed by atoms with van der Waals surface area (Å²) >= 11 is 0. The molecule has 0 spiro atoms. The number of rotatable bonds is 4. The molecule has 1 fully saturated rings. The van der Waals surface area contributed by atoms with Crippen LogP contribution in [0.3, 0.4) is 0 Å². The van der Waals surface area contributed by atoms with E-state index in [0.717, 1.165) is 18.9 Å². The number of hydrogen-bond donors (Lipinski definition) is 1. The molecule has 4 rings (SSSR count). The minimum atomic E-state index is -0.566. The molecular weight excluding hydrogens is 363 g/mol. The molecule has 1 aliphatic rings. The Labute approximate surface area is 160 Å². The van der Waals surface area contributed by atoms with E-state index in [1.54, 1.807) is 29.2 Å². The highest BCUT2D eigenvalue weighted by Crippen LogP contribution is 2.22. The van der Waals surface area contributed by atoms with E-state index < -0.39 is 11.7 Å². The second-order valence-corrected chi connectivity index (χ2v) is 6.41. The summed E-state index contributed by atoms with van der Waals surface area (Å²) in [6.07, 6.45) is 3.26. The number of anilines is 1. The normalized spacial score (nSPS) is 13.5. The second kappa shape index (κ2) is 7.55. The first-order valence-corrected chi connectivity index (χ1v) is 8.86. The lowest BCUT2D eigenvalue weighted by molar-refractivity contribution is 0.0794. The molecule has 0 radical (unpaired) electrons. The van der Waals surface area contributed by atoms with Gasteiger partial charge in [-0.05, 0) is 53.6 Å². The number of tetrazole rings is 1. The van der Waals surface area contributed by atoms with Crippen LogP contribution in [0, 0.1) is 5.82 Å². The zero-order valence-corrected chi connectivity index (χ0v) is 14.9. The van der Waals surface area contributed by atoms with Crippen molar-refractivity contribution in [2.75, 3.05) is 18.4 Å². The van der Waals surface area contributed by atoms with Crippen LogP contribution in [0.1, 0.15) is 33.6 Å². The van der Waals surface area contributed by atoms with E-state index in [0.29, 0.717) is 30.0 Å². The Balaban J connectivity index is 1.65. The topological polar surface area (TPSA) is 93.0 Å². The van der Waals surface area contributed by atoms with Crippen molar-refractivity contribution >= 4 is 17.5 Å². The van der Waals surface area contributed by atoms with Crippen molar-refractivity contribution in [3.05, 3.63) is 65.7 Å². The fourth-order valence-corrected chi connectivity index (χ4v) is 3.22. The molecule has 0 bridgehead atoms. The minimum absolute atomic E-state index is 0.0516. The fraction of sp³-hybridized carbons (Fsp3) is 0.211. The minimum Gasteiger partial charge on any atom is -0.339 e. The lowest BCUT2D eigenvalue weighted by atomic mass is 10.1. The van der Waals surface area contributed by atoms with Gasteiger partial charge in [-0.15, -0.1) is 5.10 Å². The van der Waals surface area contributed by atoms with Gasteiger partial charge in [-0.2, -0.15) is 4.68 Å². The molecule has 3 aromatic rings. The van der Waals surface area contributed by atoms with Crippen molar-refractivity contribution in [1.82, 2.24) is 25.1 Å². The summed E-state index contributed by atoms with van der Waals surface area (Å²) in [5, 5.41) is 13.6. The third-order valence-corrected chi connectivity index (χ3v) is 4.60. The van der Waals surface area contributed by atoms with E-state index in [4.69, 9.17) is 0 Å². The maximum atomic E-state index is 13.8. The van der Waals surface area contributed by atoms with E-state index >= 15 is 0 Å². The van der Waals surface area contributed by atoms with Gasteiger partial charge >= 0.3 is 0 Å². The van der Waals surface area contributed by atoms with E-state index in [2.05, 4.69) is 20.8 Å². The molecule has 142 valence electrons. The van der Waals surface area contributed by atoms with Gasteiger partial charge in [0.05, 0.1) is 22.5 Å². The third-order valence-electron chi connectivity index (χ3n) is 4.60. The molecule has 1 N–H and O–H groups in total. The van der Waals surface area contributed by atoms with Crippen LogP contribution in [0.25, 0.3) is 5.69 Å². The molecule has 1 aromatic heterocycles. The predicted octanol–water partition coefficient (Wildman–Crippen LogP) is 2.29. The van der Waals surface area contributed by atoms with Crippen molar-refractivity contribution in [3.8, 4) is 5.69 Å². The number of para-hydroxylation sites is 1. The molecule has 2 aromatic carbocycles. The van der Waals surface area contributed by atoms with Gasteiger partial charge in [-0.25, -0.2) is 4.39 Å². The monoisotopic (exact) mass is 380 g/mol. The SMILES string of the molecule is O=C(Nc1ccccc1C(=O)N1CCCC1)c1cc(F)ccc1-n1cnnn1. The number of likely N-dealkylation sites (tertiary alicyclic amines) is 1. The maximum absolute atomic E-state index is 13.8. The zero-order chi connectivity index (χ0) is 19.5. The van der Waals surface area contributed by atoms with Crippen LogP contribution in [-0.2, 0) is 0 Å². The second-order valence-electron chi connectivity index (χ2n) is 6.41. The van der Waals surface area contributed by atoms with E-state index in [1.807, 2.05) is 0 Å². The first-order valence-electron chi connectivity index (χ1n) is 8.86. The highest BCUT2D eigenvalue weighted by atomic mass is 19.1. The van der Waals surface area contributed by atoms with Crippen molar-refractivity contribution in [3.63, 3.8) is 0 Å². The number of benzene rings is 2. The predicted molar refractivity (Wildman–Crippen MR) is 98.6 cm³/mol. The maximum Gasteiger partial charge on any atom is 0.257 e. The summed E-state index contributed by atoms with van der Waals surface area (Å²) < 4.78 is 15.1. The summed E-state index contributed by atoms with van der Waals surface area (Å²) in [7, 11) is 0. The van der Waals surface area contributed by atoms with Crippen LogP contribution in [-0.4, -0.2) is 50.0 Å². The molecule has 8 nitrogen and oxygen atoms in total. The molecule has 0 aliphatic carbocycles. The van der Waals surface area contributed by atoms with Gasteiger partial charge < -0.3 is 10.2 Å². The van der Waals surface area contributed by atoms with Crippen LogP contribution < -0.4 is 5.32 Å². The van der Waals surface area contributed by atoms with E-state index in [1.165, 1.54) is 23.1 Å². The Morgan fingerprint density at radius 1 is 1.04 bits per heavy atom. The Bertz CT molecular complexity index is 1020.